The van der Waals surface area contributed by atoms with Crippen LogP contribution in [0.15, 0.2) is 18.2 Å². The first-order valence-corrected chi connectivity index (χ1v) is 6.72. The van der Waals surface area contributed by atoms with E-state index in [2.05, 4.69) is 4.90 Å². The molecule has 0 aliphatic carbocycles. The molecule has 5 heteroatoms. The molecule has 4 nitrogen and oxygen atoms in total. The van der Waals surface area contributed by atoms with Crippen LogP contribution < -0.4 is 10.6 Å². The number of nitrogens with zero attached hydrogens (tertiary/aromatic N) is 2. The van der Waals surface area contributed by atoms with Gasteiger partial charge in [0.15, 0.2) is 0 Å². The highest BCUT2D eigenvalue weighted by atomic mass is 19.1. The summed E-state index contributed by atoms with van der Waals surface area (Å²) in [6, 6.07) is 4.87. The summed E-state index contributed by atoms with van der Waals surface area (Å²) < 4.78 is 18.9. The highest BCUT2D eigenvalue weighted by Gasteiger charge is 2.20. The van der Waals surface area contributed by atoms with Crippen molar-refractivity contribution in [1.29, 1.82) is 0 Å². The van der Waals surface area contributed by atoms with Gasteiger partial charge in [-0.15, -0.1) is 0 Å². The predicted octanol–water partition coefficient (Wildman–Crippen LogP) is 1.57. The monoisotopic (exact) mass is 267 g/mol. The van der Waals surface area contributed by atoms with Crippen LogP contribution in [0.5, 0.6) is 0 Å². The van der Waals surface area contributed by atoms with Gasteiger partial charge in [-0.3, -0.25) is 4.90 Å². The Morgan fingerprint density at radius 1 is 1.26 bits per heavy atom. The molecule has 0 spiro atoms. The third-order valence-corrected chi connectivity index (χ3v) is 3.53. The summed E-state index contributed by atoms with van der Waals surface area (Å²) in [6.45, 7) is 5.35. The number of hydrogen-bond acceptors (Lipinski definition) is 4. The van der Waals surface area contributed by atoms with Crippen molar-refractivity contribution < 1.29 is 9.13 Å². The average Bonchev–Trinajstić information content (AvgIpc) is 2.40. The Balaban J connectivity index is 1.89. The summed E-state index contributed by atoms with van der Waals surface area (Å²) in [5, 5.41) is 0. The smallest absolute Gasteiger partial charge is 0.148 e. The van der Waals surface area contributed by atoms with E-state index in [0.29, 0.717) is 11.4 Å². The van der Waals surface area contributed by atoms with Gasteiger partial charge in [-0.1, -0.05) is 6.07 Å². The Labute approximate surface area is 113 Å². The average molecular weight is 267 g/mol. The second-order valence-corrected chi connectivity index (χ2v) is 4.85. The molecule has 1 heterocycles. The van der Waals surface area contributed by atoms with Crippen LogP contribution in [0.25, 0.3) is 0 Å². The fraction of sp³-hybridized carbons (Fsp3) is 0.571. The van der Waals surface area contributed by atoms with Crippen molar-refractivity contribution in [3.05, 3.63) is 24.0 Å². The molecule has 2 N–H and O–H groups in total. The quantitative estimate of drug-likeness (QED) is 0.649. The van der Waals surface area contributed by atoms with Crippen LogP contribution in [0, 0.1) is 5.82 Å². The maximum Gasteiger partial charge on any atom is 0.148 e. The van der Waals surface area contributed by atoms with E-state index in [4.69, 9.17) is 10.5 Å². The van der Waals surface area contributed by atoms with E-state index in [1.165, 1.54) is 6.07 Å². The molecule has 0 amide bonds. The molecule has 0 bridgehead atoms. The Bertz CT molecular complexity index is 385. The van der Waals surface area contributed by atoms with Crippen molar-refractivity contribution >= 4 is 11.4 Å². The first kappa shape index (κ1) is 14.1. The molecular formula is C14H22FN3O. The van der Waals surface area contributed by atoms with Gasteiger partial charge in [0.05, 0.1) is 11.4 Å². The minimum Gasteiger partial charge on any atom is -0.397 e. The second-order valence-electron chi connectivity index (χ2n) is 4.85. The number of methoxy groups -OCH3 is 1. The highest BCUT2D eigenvalue weighted by Crippen LogP contribution is 2.27. The van der Waals surface area contributed by atoms with Gasteiger partial charge < -0.3 is 15.4 Å². The molecule has 1 aliphatic heterocycles. The topological polar surface area (TPSA) is 41.7 Å². The lowest BCUT2D eigenvalue weighted by Gasteiger charge is -2.36. The van der Waals surface area contributed by atoms with Gasteiger partial charge in [-0.05, 0) is 18.6 Å². The Morgan fingerprint density at radius 3 is 2.63 bits per heavy atom. The lowest BCUT2D eigenvalue weighted by atomic mass is 10.2. The van der Waals surface area contributed by atoms with Gasteiger partial charge in [0.1, 0.15) is 5.82 Å². The Morgan fingerprint density at radius 2 is 2.00 bits per heavy atom. The maximum absolute atomic E-state index is 13.8. The van der Waals surface area contributed by atoms with Crippen LogP contribution >= 0.6 is 0 Å². The van der Waals surface area contributed by atoms with E-state index in [9.17, 15) is 4.39 Å². The van der Waals surface area contributed by atoms with Gasteiger partial charge in [0.25, 0.3) is 0 Å². The van der Waals surface area contributed by atoms with Gasteiger partial charge in [0, 0.05) is 46.4 Å². The number of rotatable bonds is 5. The first-order valence-electron chi connectivity index (χ1n) is 6.72. The fourth-order valence-electron chi connectivity index (χ4n) is 2.49. The fourth-order valence-corrected chi connectivity index (χ4v) is 2.49. The number of ether oxygens (including phenoxy) is 1. The first-order chi connectivity index (χ1) is 9.22. The molecular weight excluding hydrogens is 245 g/mol. The van der Waals surface area contributed by atoms with Crippen molar-refractivity contribution in [3.8, 4) is 0 Å². The van der Waals surface area contributed by atoms with Crippen molar-refractivity contribution in [3.63, 3.8) is 0 Å². The molecule has 0 atom stereocenters. The van der Waals surface area contributed by atoms with Gasteiger partial charge >= 0.3 is 0 Å². The second kappa shape index (κ2) is 6.73. The Hall–Kier alpha value is -1.33. The minimum atomic E-state index is -0.229. The van der Waals surface area contributed by atoms with Gasteiger partial charge in [0.2, 0.25) is 0 Å². The number of halogens is 1. The molecule has 2 rings (SSSR count). The van der Waals surface area contributed by atoms with Crippen molar-refractivity contribution in [2.75, 3.05) is 57.1 Å². The zero-order chi connectivity index (χ0) is 13.7. The summed E-state index contributed by atoms with van der Waals surface area (Å²) in [6.07, 6.45) is 1.04. The molecule has 1 aromatic carbocycles. The molecule has 1 fully saturated rings. The van der Waals surface area contributed by atoms with Crippen LogP contribution in [-0.4, -0.2) is 51.3 Å². The van der Waals surface area contributed by atoms with E-state index in [1.807, 2.05) is 4.90 Å². The number of piperazine rings is 1. The molecule has 1 aliphatic rings. The van der Waals surface area contributed by atoms with Crippen LogP contribution in [0.3, 0.4) is 0 Å². The summed E-state index contributed by atoms with van der Waals surface area (Å²) in [7, 11) is 1.72. The summed E-state index contributed by atoms with van der Waals surface area (Å²) in [5.41, 5.74) is 6.95. The lowest BCUT2D eigenvalue weighted by Crippen LogP contribution is -2.47. The number of para-hydroxylation sites is 1. The Kier molecular flexibility index (Phi) is 4.99. The van der Waals surface area contributed by atoms with E-state index in [1.54, 1.807) is 19.2 Å². The maximum atomic E-state index is 13.8. The van der Waals surface area contributed by atoms with Gasteiger partial charge in [-0.2, -0.15) is 0 Å². The van der Waals surface area contributed by atoms with Crippen LogP contribution in [0.1, 0.15) is 6.42 Å². The van der Waals surface area contributed by atoms with Crippen LogP contribution in [-0.2, 0) is 4.74 Å². The molecule has 0 aromatic heterocycles. The predicted molar refractivity (Wildman–Crippen MR) is 76.0 cm³/mol. The van der Waals surface area contributed by atoms with Crippen molar-refractivity contribution in [1.82, 2.24) is 4.90 Å². The molecule has 1 aromatic rings. The minimum absolute atomic E-state index is 0.229. The van der Waals surface area contributed by atoms with Gasteiger partial charge in [-0.25, -0.2) is 4.39 Å². The number of benzene rings is 1. The third-order valence-electron chi connectivity index (χ3n) is 3.53. The number of nitrogen functional groups attached to an aromatic ring is 1. The van der Waals surface area contributed by atoms with E-state index in [-0.39, 0.29) is 5.82 Å². The largest absolute Gasteiger partial charge is 0.397 e. The van der Waals surface area contributed by atoms with Crippen molar-refractivity contribution in [2.24, 2.45) is 0 Å². The highest BCUT2D eigenvalue weighted by molar-refractivity contribution is 5.68. The summed E-state index contributed by atoms with van der Waals surface area (Å²) in [4.78, 5) is 4.42. The van der Waals surface area contributed by atoms with Crippen LogP contribution in [0.2, 0.25) is 0 Å². The normalized spacial score (nSPS) is 16.8. The third kappa shape index (κ3) is 3.58. The summed E-state index contributed by atoms with van der Waals surface area (Å²) >= 11 is 0. The van der Waals surface area contributed by atoms with Crippen molar-refractivity contribution in [2.45, 2.75) is 6.42 Å². The molecule has 106 valence electrons. The zero-order valence-corrected chi connectivity index (χ0v) is 11.4. The number of hydrogen-bond donors (Lipinski definition) is 1. The summed E-state index contributed by atoms with van der Waals surface area (Å²) in [5.74, 6) is -0.229. The lowest BCUT2D eigenvalue weighted by molar-refractivity contribution is 0.169. The molecule has 0 saturated carbocycles. The van der Waals surface area contributed by atoms with E-state index >= 15 is 0 Å². The number of nitrogens with two attached hydrogens (primary N) is 1. The molecule has 1 saturated heterocycles. The standard InChI is InChI=1S/C14H22FN3O/c1-19-11-3-6-17-7-9-18(10-8-17)14-12(15)4-2-5-13(14)16/h2,4-5H,3,6-11,16H2,1H3. The van der Waals surface area contributed by atoms with E-state index < -0.39 is 0 Å². The molecule has 0 radical (unpaired) electrons. The van der Waals surface area contributed by atoms with E-state index in [0.717, 1.165) is 45.8 Å². The molecule has 19 heavy (non-hydrogen) atoms. The zero-order valence-electron chi connectivity index (χ0n) is 11.4. The van der Waals surface area contributed by atoms with Crippen LogP contribution in [0.4, 0.5) is 15.8 Å². The molecule has 0 unspecified atom stereocenters. The number of anilines is 2. The SMILES string of the molecule is COCCCN1CCN(c2c(N)cccc2F)CC1.